The van der Waals surface area contributed by atoms with E-state index < -0.39 is 0 Å². The summed E-state index contributed by atoms with van der Waals surface area (Å²) in [5.41, 5.74) is 1.45. The maximum absolute atomic E-state index is 12.3. The Kier molecular flexibility index (Phi) is 12.8. The van der Waals surface area contributed by atoms with Crippen LogP contribution in [0.1, 0.15) is 22.8 Å². The maximum atomic E-state index is 12.3. The molecular formula is C23H33IN4O5. The Bertz CT molecular complexity index is 898. The van der Waals surface area contributed by atoms with Crippen LogP contribution in [0.2, 0.25) is 0 Å². The molecule has 1 amide bonds. The number of hydrogen-bond acceptors (Lipinski definition) is 6. The molecule has 2 rings (SSSR count). The highest BCUT2D eigenvalue weighted by atomic mass is 127. The standard InChI is InChI=1S/C23H32N4O5.HI/c1-6-24-23(26-11-10-25-22(28)17-8-7-9-18(14-17)29-2)27-15-16-12-19(30-3)21(32-5)20(13-16)31-4;/h7-9,12-14H,6,10-11,15H2,1-5H3,(H,25,28)(H2,24,26,27);1H. The maximum Gasteiger partial charge on any atom is 0.251 e. The molecule has 2 aromatic carbocycles. The molecule has 10 heteroatoms. The number of methoxy groups -OCH3 is 4. The van der Waals surface area contributed by atoms with Crippen LogP contribution >= 0.6 is 24.0 Å². The van der Waals surface area contributed by atoms with Gasteiger partial charge in [-0.1, -0.05) is 6.07 Å². The van der Waals surface area contributed by atoms with Gasteiger partial charge in [-0.2, -0.15) is 0 Å². The van der Waals surface area contributed by atoms with Crippen LogP contribution in [0.15, 0.2) is 41.4 Å². The third-order valence-corrected chi connectivity index (χ3v) is 4.52. The lowest BCUT2D eigenvalue weighted by molar-refractivity contribution is 0.0954. The van der Waals surface area contributed by atoms with Gasteiger partial charge < -0.3 is 34.9 Å². The van der Waals surface area contributed by atoms with Crippen molar-refractivity contribution in [1.29, 1.82) is 0 Å². The number of rotatable bonds is 11. The average Bonchev–Trinajstić information content (AvgIpc) is 2.83. The summed E-state index contributed by atoms with van der Waals surface area (Å²) in [6, 6.07) is 10.8. The lowest BCUT2D eigenvalue weighted by atomic mass is 10.2. The van der Waals surface area contributed by atoms with Gasteiger partial charge in [0.1, 0.15) is 5.75 Å². The third kappa shape index (κ3) is 8.52. The van der Waals surface area contributed by atoms with Crippen molar-refractivity contribution in [1.82, 2.24) is 16.0 Å². The molecule has 0 aliphatic heterocycles. The third-order valence-electron chi connectivity index (χ3n) is 4.52. The molecular weight excluding hydrogens is 539 g/mol. The van der Waals surface area contributed by atoms with Gasteiger partial charge in [-0.05, 0) is 42.8 Å². The molecule has 0 unspecified atom stereocenters. The zero-order valence-electron chi connectivity index (χ0n) is 19.7. The predicted molar refractivity (Wildman–Crippen MR) is 140 cm³/mol. The fourth-order valence-electron chi connectivity index (χ4n) is 2.96. The second-order valence-corrected chi connectivity index (χ2v) is 6.64. The molecule has 182 valence electrons. The smallest absolute Gasteiger partial charge is 0.251 e. The Morgan fingerprint density at radius 1 is 0.879 bits per heavy atom. The van der Waals surface area contributed by atoms with Crippen molar-refractivity contribution in [3.05, 3.63) is 47.5 Å². The second-order valence-electron chi connectivity index (χ2n) is 6.64. The first-order chi connectivity index (χ1) is 15.6. The van der Waals surface area contributed by atoms with Gasteiger partial charge in [-0.3, -0.25) is 4.79 Å². The normalized spacial score (nSPS) is 10.5. The van der Waals surface area contributed by atoms with E-state index in [9.17, 15) is 4.79 Å². The second kappa shape index (κ2) is 15.0. The van der Waals surface area contributed by atoms with Crippen LogP contribution in [-0.2, 0) is 6.54 Å². The minimum Gasteiger partial charge on any atom is -0.497 e. The number of hydrogen-bond donors (Lipinski definition) is 3. The molecule has 0 radical (unpaired) electrons. The topological polar surface area (TPSA) is 102 Å². The number of nitrogens with zero attached hydrogens (tertiary/aromatic N) is 1. The van der Waals surface area contributed by atoms with E-state index in [1.807, 2.05) is 19.1 Å². The van der Waals surface area contributed by atoms with Gasteiger partial charge in [0.2, 0.25) is 5.75 Å². The number of halogens is 1. The number of ether oxygens (including phenoxy) is 4. The number of benzene rings is 2. The molecule has 2 aromatic rings. The Labute approximate surface area is 212 Å². The largest absolute Gasteiger partial charge is 0.497 e. The van der Waals surface area contributed by atoms with E-state index in [1.165, 1.54) is 0 Å². The number of guanidine groups is 1. The highest BCUT2D eigenvalue weighted by molar-refractivity contribution is 14.0. The quantitative estimate of drug-likeness (QED) is 0.165. The summed E-state index contributed by atoms with van der Waals surface area (Å²) in [7, 11) is 6.30. The fraction of sp³-hybridized carbons (Fsp3) is 0.391. The molecule has 0 fully saturated rings. The van der Waals surface area contributed by atoms with Crippen LogP contribution in [0.25, 0.3) is 0 Å². The Morgan fingerprint density at radius 2 is 1.55 bits per heavy atom. The van der Waals surface area contributed by atoms with Gasteiger partial charge in [-0.15, -0.1) is 24.0 Å². The molecule has 33 heavy (non-hydrogen) atoms. The van der Waals surface area contributed by atoms with E-state index in [-0.39, 0.29) is 29.9 Å². The summed E-state index contributed by atoms with van der Waals surface area (Å²) >= 11 is 0. The Balaban J connectivity index is 0.00000544. The van der Waals surface area contributed by atoms with Gasteiger partial charge in [0.15, 0.2) is 17.5 Å². The van der Waals surface area contributed by atoms with Crippen LogP contribution in [-0.4, -0.2) is 59.9 Å². The van der Waals surface area contributed by atoms with E-state index in [2.05, 4.69) is 20.9 Å². The van der Waals surface area contributed by atoms with Crippen molar-refractivity contribution < 1.29 is 23.7 Å². The molecule has 0 aliphatic rings. The van der Waals surface area contributed by atoms with E-state index in [0.717, 1.165) is 5.56 Å². The number of carbonyl (C=O) groups excluding carboxylic acids is 1. The van der Waals surface area contributed by atoms with Gasteiger partial charge in [0.25, 0.3) is 5.91 Å². The number of nitrogens with one attached hydrogen (secondary N) is 3. The first-order valence-corrected chi connectivity index (χ1v) is 10.3. The molecule has 0 aliphatic carbocycles. The van der Waals surface area contributed by atoms with Gasteiger partial charge in [0, 0.05) is 25.2 Å². The molecule has 0 aromatic heterocycles. The summed E-state index contributed by atoms with van der Waals surface area (Å²) in [5.74, 6) is 2.82. The molecule has 0 atom stereocenters. The van der Waals surface area contributed by atoms with Crippen molar-refractivity contribution in [2.75, 3.05) is 48.1 Å². The number of carbonyl (C=O) groups is 1. The highest BCUT2D eigenvalue weighted by Crippen LogP contribution is 2.38. The van der Waals surface area contributed by atoms with Crippen molar-refractivity contribution in [2.24, 2.45) is 4.99 Å². The monoisotopic (exact) mass is 572 g/mol. The fourth-order valence-corrected chi connectivity index (χ4v) is 2.96. The highest BCUT2D eigenvalue weighted by Gasteiger charge is 2.13. The van der Waals surface area contributed by atoms with E-state index in [0.29, 0.717) is 60.7 Å². The molecule has 0 saturated carbocycles. The summed E-state index contributed by atoms with van der Waals surface area (Å²) in [6.45, 7) is 4.04. The predicted octanol–water partition coefficient (Wildman–Crippen LogP) is 2.82. The lowest BCUT2D eigenvalue weighted by Gasteiger charge is -2.14. The summed E-state index contributed by atoms with van der Waals surface area (Å²) in [6.07, 6.45) is 0. The summed E-state index contributed by atoms with van der Waals surface area (Å²) < 4.78 is 21.3. The van der Waals surface area contributed by atoms with Gasteiger partial charge in [0.05, 0.1) is 35.0 Å². The van der Waals surface area contributed by atoms with Crippen molar-refractivity contribution in [3.8, 4) is 23.0 Å². The van der Waals surface area contributed by atoms with Gasteiger partial charge in [-0.25, -0.2) is 4.99 Å². The van der Waals surface area contributed by atoms with Gasteiger partial charge >= 0.3 is 0 Å². The van der Waals surface area contributed by atoms with E-state index >= 15 is 0 Å². The zero-order chi connectivity index (χ0) is 23.3. The minimum absolute atomic E-state index is 0. The van der Waals surface area contributed by atoms with Crippen LogP contribution in [0.5, 0.6) is 23.0 Å². The molecule has 9 nitrogen and oxygen atoms in total. The summed E-state index contributed by atoms with van der Waals surface area (Å²) in [5, 5.41) is 9.28. The SMILES string of the molecule is CCNC(=NCc1cc(OC)c(OC)c(OC)c1)NCCNC(=O)c1cccc(OC)c1.I. The molecule has 0 heterocycles. The first-order valence-electron chi connectivity index (χ1n) is 10.3. The van der Waals surface area contributed by atoms with Crippen LogP contribution < -0.4 is 34.9 Å². The van der Waals surface area contributed by atoms with Crippen LogP contribution in [0, 0.1) is 0 Å². The van der Waals surface area contributed by atoms with Crippen molar-refractivity contribution in [3.63, 3.8) is 0 Å². The molecule has 0 spiro atoms. The van der Waals surface area contributed by atoms with Crippen LogP contribution in [0.3, 0.4) is 0 Å². The Morgan fingerprint density at radius 3 is 2.12 bits per heavy atom. The zero-order valence-corrected chi connectivity index (χ0v) is 22.0. The van der Waals surface area contributed by atoms with Crippen LogP contribution in [0.4, 0.5) is 0 Å². The average molecular weight is 572 g/mol. The number of aliphatic imine (C=N–C) groups is 1. The van der Waals surface area contributed by atoms with E-state index in [1.54, 1.807) is 52.7 Å². The van der Waals surface area contributed by atoms with Crippen molar-refractivity contribution in [2.45, 2.75) is 13.5 Å². The van der Waals surface area contributed by atoms with E-state index in [4.69, 9.17) is 18.9 Å². The Hall–Kier alpha value is -2.89. The lowest BCUT2D eigenvalue weighted by Crippen LogP contribution is -2.41. The summed E-state index contributed by atoms with van der Waals surface area (Å²) in [4.78, 5) is 16.9. The molecule has 3 N–H and O–H groups in total. The molecule has 0 bridgehead atoms. The van der Waals surface area contributed by atoms with Crippen molar-refractivity contribution >= 4 is 35.8 Å². The first kappa shape index (κ1) is 28.1. The molecule has 0 saturated heterocycles. The number of amides is 1. The minimum atomic E-state index is -0.162.